The zero-order valence-electron chi connectivity index (χ0n) is 33.3. The zero-order valence-corrected chi connectivity index (χ0v) is 33.3. The van der Waals surface area contributed by atoms with E-state index >= 15 is 0 Å². The Morgan fingerprint density at radius 1 is 0.600 bits per heavy atom. The second-order valence-corrected chi connectivity index (χ2v) is 15.5. The molecule has 0 spiro atoms. The Bertz CT molecular complexity index is 923. The third-order valence-corrected chi connectivity index (χ3v) is 10.8. The first-order valence-corrected chi connectivity index (χ1v) is 22.0. The Labute approximate surface area is 309 Å². The Morgan fingerprint density at radius 2 is 0.940 bits per heavy atom. The topological polar surface area (TPSA) is 88.5 Å². The van der Waals surface area contributed by atoms with E-state index in [0.717, 1.165) is 37.4 Å². The van der Waals surface area contributed by atoms with Crippen LogP contribution in [0.4, 0.5) is 5.82 Å². The highest BCUT2D eigenvalue weighted by Crippen LogP contribution is 2.20. The minimum atomic E-state index is 0.190. The molecule has 1 aromatic rings. The molecule has 0 bridgehead atoms. The number of nitrogens with zero attached hydrogens (tertiary/aromatic N) is 4. The van der Waals surface area contributed by atoms with Crippen LogP contribution in [0.15, 0.2) is 11.3 Å². The minimum absolute atomic E-state index is 0.190. The maximum absolute atomic E-state index is 13.5. The summed E-state index contributed by atoms with van der Waals surface area (Å²) in [5.41, 5.74) is 6.77. The molecule has 2 rings (SSSR count). The van der Waals surface area contributed by atoms with Crippen molar-refractivity contribution in [1.82, 2.24) is 14.5 Å². The Kier molecular flexibility index (Phi) is 27.9. The van der Waals surface area contributed by atoms with Crippen molar-refractivity contribution in [3.63, 3.8) is 0 Å². The smallest absolute Gasteiger partial charge is 0.242 e. The molecule has 0 atom stereocenters. The summed E-state index contributed by atoms with van der Waals surface area (Å²) < 4.78 is 1.91. The highest BCUT2D eigenvalue weighted by Gasteiger charge is 2.20. The summed E-state index contributed by atoms with van der Waals surface area (Å²) >= 11 is 0. The summed E-state index contributed by atoms with van der Waals surface area (Å²) in [5.74, 6) is 1.40. The van der Waals surface area contributed by atoms with Gasteiger partial charge in [0.05, 0.1) is 12.9 Å². The molecule has 0 radical (unpaired) electrons. The van der Waals surface area contributed by atoms with E-state index in [1.165, 1.54) is 193 Å². The number of imidazole rings is 1. The van der Waals surface area contributed by atoms with Crippen LogP contribution in [-0.4, -0.2) is 39.4 Å². The fourth-order valence-electron chi connectivity index (χ4n) is 7.43. The quantitative estimate of drug-likeness (QED) is 0.0683. The number of unbranched alkanes of at least 4 members (excludes halogenated alkanes) is 30. The van der Waals surface area contributed by atoms with Gasteiger partial charge in [-0.05, 0) is 12.8 Å². The molecule has 0 aromatic carbocycles. The normalized spacial score (nSPS) is 12.6. The number of nitrogens with one attached hydrogen (secondary N) is 1. The van der Waals surface area contributed by atoms with E-state index in [-0.39, 0.29) is 5.91 Å². The largest absolute Gasteiger partial charge is 0.370 e. The highest BCUT2D eigenvalue weighted by molar-refractivity contribution is 5.93. The number of carbonyl (C=O) groups excluding carboxylic acids is 1. The van der Waals surface area contributed by atoms with Gasteiger partial charge >= 0.3 is 0 Å². The number of carbonyl (C=O) groups is 1. The van der Waals surface area contributed by atoms with Gasteiger partial charge in [-0.1, -0.05) is 206 Å². The molecule has 7 heteroatoms. The van der Waals surface area contributed by atoms with E-state index in [0.29, 0.717) is 19.0 Å². The molecule has 7 nitrogen and oxygen atoms in total. The Hall–Kier alpha value is -2.05. The van der Waals surface area contributed by atoms with Crippen LogP contribution >= 0.6 is 0 Å². The van der Waals surface area contributed by atoms with Crippen molar-refractivity contribution in [3.05, 3.63) is 12.0 Å². The number of amides is 1. The van der Waals surface area contributed by atoms with Gasteiger partial charge in [0.2, 0.25) is 5.91 Å². The molecular weight excluding hydrogens is 617 g/mol. The van der Waals surface area contributed by atoms with Gasteiger partial charge in [-0.3, -0.25) is 4.79 Å². The third kappa shape index (κ3) is 22.7. The van der Waals surface area contributed by atoms with E-state index in [2.05, 4.69) is 34.0 Å². The van der Waals surface area contributed by atoms with Gasteiger partial charge in [0, 0.05) is 13.1 Å². The first-order chi connectivity index (χ1) is 24.7. The standard InChI is InChI=1S/C43H82N6O/c1-3-5-7-9-11-13-15-17-19-21-23-25-27-29-31-33-35-48(41(50)38-49-39-46-40-37-45-43(44)47-42(40)49)36-34-32-30-28-26-24-22-20-18-16-14-12-10-8-6-4-2/h39H,3-38H2,1-2H3,(H3,44,45,47). The molecule has 2 heterocycles. The third-order valence-electron chi connectivity index (χ3n) is 10.8. The fourth-order valence-corrected chi connectivity index (χ4v) is 7.43. The van der Waals surface area contributed by atoms with Crippen LogP contribution in [0.3, 0.4) is 0 Å². The second kappa shape index (κ2) is 31.7. The summed E-state index contributed by atoms with van der Waals surface area (Å²) in [7, 11) is 0. The van der Waals surface area contributed by atoms with Crippen LogP contribution in [0.5, 0.6) is 0 Å². The van der Waals surface area contributed by atoms with E-state index in [4.69, 9.17) is 5.73 Å². The molecule has 0 saturated carbocycles. The molecule has 1 aliphatic heterocycles. The highest BCUT2D eigenvalue weighted by atomic mass is 16.2. The lowest BCUT2D eigenvalue weighted by atomic mass is 10.0. The van der Waals surface area contributed by atoms with Gasteiger partial charge in [-0.25, -0.2) is 9.98 Å². The van der Waals surface area contributed by atoms with Crippen LogP contribution in [0.1, 0.15) is 225 Å². The van der Waals surface area contributed by atoms with Gasteiger partial charge in [0.15, 0.2) is 5.96 Å². The van der Waals surface area contributed by atoms with E-state index < -0.39 is 0 Å². The van der Waals surface area contributed by atoms with Crippen molar-refractivity contribution in [3.8, 4) is 0 Å². The lowest BCUT2D eigenvalue weighted by molar-refractivity contribution is -0.132. The summed E-state index contributed by atoms with van der Waals surface area (Å²) in [4.78, 5) is 24.4. The molecule has 0 unspecified atom stereocenters. The predicted octanol–water partition coefficient (Wildman–Crippen LogP) is 12.5. The van der Waals surface area contributed by atoms with Crippen molar-refractivity contribution in [2.45, 2.75) is 232 Å². The molecule has 1 aromatic heterocycles. The lowest BCUT2D eigenvalue weighted by Gasteiger charge is -2.24. The van der Waals surface area contributed by atoms with Crippen LogP contribution in [0.25, 0.3) is 0 Å². The number of nitrogens with two attached hydrogens (primary N) is 1. The summed E-state index contributed by atoms with van der Waals surface area (Å²) in [6.07, 6.45) is 45.5. The number of hydrogen-bond donors (Lipinski definition) is 2. The maximum Gasteiger partial charge on any atom is 0.242 e. The van der Waals surface area contributed by atoms with Crippen molar-refractivity contribution in [2.75, 3.05) is 18.4 Å². The van der Waals surface area contributed by atoms with Gasteiger partial charge in [-0.15, -0.1) is 0 Å². The molecule has 0 aliphatic carbocycles. The molecule has 290 valence electrons. The number of fused-ring (bicyclic) bond motifs is 1. The predicted molar refractivity (Wildman–Crippen MR) is 217 cm³/mol. The number of hydrogen-bond acceptors (Lipinski definition) is 5. The van der Waals surface area contributed by atoms with Gasteiger partial charge in [0.25, 0.3) is 0 Å². The molecule has 0 fully saturated rings. The first-order valence-electron chi connectivity index (χ1n) is 22.0. The van der Waals surface area contributed by atoms with Crippen molar-refractivity contribution >= 4 is 17.7 Å². The Balaban J connectivity index is 1.56. The van der Waals surface area contributed by atoms with E-state index in [1.54, 1.807) is 6.33 Å². The van der Waals surface area contributed by atoms with Crippen LogP contribution in [-0.2, 0) is 17.9 Å². The fraction of sp³-hybridized carbons (Fsp3) is 0.884. The number of aromatic nitrogens is 2. The van der Waals surface area contributed by atoms with Crippen LogP contribution < -0.4 is 11.1 Å². The van der Waals surface area contributed by atoms with Crippen molar-refractivity contribution < 1.29 is 4.79 Å². The SMILES string of the molecule is CCCCCCCCCCCCCCCCCCN(CCCCCCCCCCCCCCCCCC)C(=O)Cn1cnc2c1NC(N)=NC2. The summed E-state index contributed by atoms with van der Waals surface area (Å²) in [5, 5.41) is 3.11. The monoisotopic (exact) mass is 699 g/mol. The van der Waals surface area contributed by atoms with Crippen molar-refractivity contribution in [2.24, 2.45) is 10.7 Å². The van der Waals surface area contributed by atoms with Gasteiger partial charge < -0.3 is 20.5 Å². The van der Waals surface area contributed by atoms with Gasteiger partial charge in [-0.2, -0.15) is 0 Å². The summed E-state index contributed by atoms with van der Waals surface area (Å²) in [6, 6.07) is 0. The van der Waals surface area contributed by atoms with Crippen LogP contribution in [0, 0.1) is 0 Å². The summed E-state index contributed by atoms with van der Waals surface area (Å²) in [6.45, 7) is 7.09. The molecule has 0 saturated heterocycles. The van der Waals surface area contributed by atoms with Crippen LogP contribution in [0.2, 0.25) is 0 Å². The minimum Gasteiger partial charge on any atom is -0.370 e. The zero-order chi connectivity index (χ0) is 35.7. The number of anilines is 1. The van der Waals surface area contributed by atoms with Gasteiger partial charge in [0.1, 0.15) is 18.1 Å². The molecule has 1 aliphatic rings. The second-order valence-electron chi connectivity index (χ2n) is 15.5. The number of aliphatic imine (C=N–C) groups is 1. The average Bonchev–Trinajstić information content (AvgIpc) is 3.51. The lowest BCUT2D eigenvalue weighted by Crippen LogP contribution is -2.36. The van der Waals surface area contributed by atoms with Crippen molar-refractivity contribution in [1.29, 1.82) is 0 Å². The molecule has 50 heavy (non-hydrogen) atoms. The number of rotatable bonds is 36. The molecular formula is C43H82N6O. The average molecular weight is 699 g/mol. The van der Waals surface area contributed by atoms with E-state index in [1.807, 2.05) is 4.57 Å². The molecule has 1 amide bonds. The molecule has 3 N–H and O–H groups in total. The first kappa shape index (κ1) is 44.1. The maximum atomic E-state index is 13.5. The number of guanidine groups is 1. The van der Waals surface area contributed by atoms with E-state index in [9.17, 15) is 4.79 Å². The Morgan fingerprint density at radius 3 is 1.30 bits per heavy atom.